The van der Waals surface area contributed by atoms with Crippen LogP contribution >= 0.6 is 0 Å². The van der Waals surface area contributed by atoms with Gasteiger partial charge in [-0.1, -0.05) is 12.1 Å². The standard InChI is InChI=1S/C17H17NO3/c1-2-21-17(20)16(19)11-7-8-14-13-6-4-3-5-12(13)10-18-15(14)9-11/h7-10H,2-6H2,1H3. The van der Waals surface area contributed by atoms with E-state index in [1.54, 1.807) is 19.1 Å². The molecule has 3 rings (SSSR count). The van der Waals surface area contributed by atoms with Gasteiger partial charge in [-0.25, -0.2) is 4.79 Å². The summed E-state index contributed by atoms with van der Waals surface area (Å²) >= 11 is 0. The van der Waals surface area contributed by atoms with Gasteiger partial charge in [-0.3, -0.25) is 9.78 Å². The van der Waals surface area contributed by atoms with E-state index in [9.17, 15) is 9.59 Å². The van der Waals surface area contributed by atoms with E-state index < -0.39 is 11.8 Å². The molecule has 0 saturated carbocycles. The third kappa shape index (κ3) is 2.53. The van der Waals surface area contributed by atoms with Gasteiger partial charge in [0.15, 0.2) is 0 Å². The van der Waals surface area contributed by atoms with Gasteiger partial charge in [0.1, 0.15) is 0 Å². The number of ketones is 1. The van der Waals surface area contributed by atoms with Crippen LogP contribution in [-0.2, 0) is 22.4 Å². The van der Waals surface area contributed by atoms with Crippen LogP contribution in [0.3, 0.4) is 0 Å². The minimum Gasteiger partial charge on any atom is -0.460 e. The molecule has 2 aromatic rings. The van der Waals surface area contributed by atoms with Crippen LogP contribution in [0.4, 0.5) is 0 Å². The van der Waals surface area contributed by atoms with Crippen LogP contribution in [0.1, 0.15) is 41.3 Å². The molecule has 0 bridgehead atoms. The number of esters is 1. The van der Waals surface area contributed by atoms with Crippen molar-refractivity contribution in [2.75, 3.05) is 6.61 Å². The second kappa shape index (κ2) is 5.64. The smallest absolute Gasteiger partial charge is 0.379 e. The summed E-state index contributed by atoms with van der Waals surface area (Å²) in [7, 11) is 0. The van der Waals surface area contributed by atoms with Crippen LogP contribution in [0, 0.1) is 0 Å². The van der Waals surface area contributed by atoms with Crippen molar-refractivity contribution in [1.29, 1.82) is 0 Å². The minimum absolute atomic E-state index is 0.198. The average Bonchev–Trinajstić information content (AvgIpc) is 2.53. The fraction of sp³-hybridized carbons (Fsp3) is 0.353. The lowest BCUT2D eigenvalue weighted by molar-refractivity contribution is -0.137. The molecule has 0 aliphatic heterocycles. The average molecular weight is 283 g/mol. The summed E-state index contributed by atoms with van der Waals surface area (Å²) < 4.78 is 4.75. The Morgan fingerprint density at radius 1 is 1.24 bits per heavy atom. The second-order valence-corrected chi connectivity index (χ2v) is 5.25. The van der Waals surface area contributed by atoms with E-state index in [0.29, 0.717) is 5.56 Å². The van der Waals surface area contributed by atoms with Crippen molar-refractivity contribution in [3.05, 3.63) is 41.1 Å². The number of benzene rings is 1. The van der Waals surface area contributed by atoms with Gasteiger partial charge in [0.25, 0.3) is 5.78 Å². The quantitative estimate of drug-likeness (QED) is 0.494. The first-order valence-electron chi connectivity index (χ1n) is 7.32. The summed E-state index contributed by atoms with van der Waals surface area (Å²) in [5, 5.41) is 1.09. The number of Topliss-reactive ketones (excluding diaryl/α,β-unsaturated/α-hetero) is 1. The Morgan fingerprint density at radius 3 is 2.86 bits per heavy atom. The summed E-state index contributed by atoms with van der Waals surface area (Å²) in [6.07, 6.45) is 6.42. The first-order valence-corrected chi connectivity index (χ1v) is 7.32. The van der Waals surface area contributed by atoms with Crippen molar-refractivity contribution in [2.24, 2.45) is 0 Å². The molecule has 4 heteroatoms. The zero-order valence-electron chi connectivity index (χ0n) is 12.0. The van der Waals surface area contributed by atoms with E-state index in [-0.39, 0.29) is 6.61 Å². The molecule has 0 amide bonds. The van der Waals surface area contributed by atoms with Crippen LogP contribution < -0.4 is 0 Å². The number of ether oxygens (including phenoxy) is 1. The van der Waals surface area contributed by atoms with Gasteiger partial charge >= 0.3 is 5.97 Å². The number of carbonyl (C=O) groups excluding carboxylic acids is 2. The molecule has 0 spiro atoms. The molecule has 1 aliphatic carbocycles. The molecule has 0 N–H and O–H groups in total. The highest BCUT2D eigenvalue weighted by atomic mass is 16.5. The number of aryl methyl sites for hydroxylation is 2. The topological polar surface area (TPSA) is 56.3 Å². The Bertz CT molecular complexity index is 721. The molecule has 21 heavy (non-hydrogen) atoms. The van der Waals surface area contributed by atoms with Gasteiger partial charge in [-0.15, -0.1) is 0 Å². The zero-order valence-corrected chi connectivity index (χ0v) is 12.0. The van der Waals surface area contributed by atoms with Crippen molar-refractivity contribution >= 4 is 22.7 Å². The molecule has 0 radical (unpaired) electrons. The lowest BCUT2D eigenvalue weighted by Crippen LogP contribution is -2.17. The number of nitrogens with zero attached hydrogens (tertiary/aromatic N) is 1. The van der Waals surface area contributed by atoms with Gasteiger partial charge in [0.05, 0.1) is 12.1 Å². The third-order valence-corrected chi connectivity index (χ3v) is 3.92. The fourth-order valence-electron chi connectivity index (χ4n) is 2.88. The van der Waals surface area contributed by atoms with Crippen LogP contribution in [0.25, 0.3) is 10.9 Å². The Morgan fingerprint density at radius 2 is 2.05 bits per heavy atom. The molecular formula is C17H17NO3. The highest BCUT2D eigenvalue weighted by molar-refractivity contribution is 6.40. The molecular weight excluding hydrogens is 266 g/mol. The number of hydrogen-bond donors (Lipinski definition) is 0. The zero-order chi connectivity index (χ0) is 14.8. The number of rotatable bonds is 3. The Kier molecular flexibility index (Phi) is 3.69. The van der Waals surface area contributed by atoms with Crippen LogP contribution in [-0.4, -0.2) is 23.3 Å². The third-order valence-electron chi connectivity index (χ3n) is 3.92. The van der Waals surface area contributed by atoms with Gasteiger partial charge in [0, 0.05) is 17.1 Å². The van der Waals surface area contributed by atoms with Gasteiger partial charge in [-0.05, 0) is 49.8 Å². The number of pyridine rings is 1. The number of carbonyl (C=O) groups is 2. The van der Waals surface area contributed by atoms with Crippen molar-refractivity contribution in [2.45, 2.75) is 32.6 Å². The summed E-state index contributed by atoms with van der Waals surface area (Å²) in [6.45, 7) is 1.88. The summed E-state index contributed by atoms with van der Waals surface area (Å²) in [4.78, 5) is 27.9. The number of fused-ring (bicyclic) bond motifs is 3. The first-order chi connectivity index (χ1) is 10.2. The van der Waals surface area contributed by atoms with Gasteiger partial charge < -0.3 is 4.74 Å². The summed E-state index contributed by atoms with van der Waals surface area (Å²) in [6, 6.07) is 5.28. The van der Waals surface area contributed by atoms with Crippen LogP contribution in [0.15, 0.2) is 24.4 Å². The molecule has 0 saturated heterocycles. The maximum atomic E-state index is 12.0. The maximum absolute atomic E-state index is 12.0. The van der Waals surface area contributed by atoms with E-state index >= 15 is 0 Å². The Balaban J connectivity index is 2.01. The SMILES string of the molecule is CCOC(=O)C(=O)c1ccc2c3c(cnc2c1)CCCC3. The predicted molar refractivity (Wildman–Crippen MR) is 79.3 cm³/mol. The second-order valence-electron chi connectivity index (χ2n) is 5.25. The molecule has 0 unspecified atom stereocenters. The van der Waals surface area contributed by atoms with Crippen molar-refractivity contribution < 1.29 is 14.3 Å². The molecule has 1 heterocycles. The lowest BCUT2D eigenvalue weighted by atomic mass is 9.90. The van der Waals surface area contributed by atoms with E-state index in [1.165, 1.54) is 24.0 Å². The van der Waals surface area contributed by atoms with E-state index in [1.807, 2.05) is 12.3 Å². The first kappa shape index (κ1) is 13.7. The van der Waals surface area contributed by atoms with E-state index in [4.69, 9.17) is 4.74 Å². The number of hydrogen-bond acceptors (Lipinski definition) is 4. The Labute approximate surface area is 123 Å². The highest BCUT2D eigenvalue weighted by Gasteiger charge is 2.19. The van der Waals surface area contributed by atoms with Crippen molar-refractivity contribution in [1.82, 2.24) is 4.98 Å². The number of aromatic nitrogens is 1. The normalized spacial score (nSPS) is 13.8. The summed E-state index contributed by atoms with van der Waals surface area (Å²) in [5.74, 6) is -1.42. The molecule has 0 fully saturated rings. The van der Waals surface area contributed by atoms with Crippen molar-refractivity contribution in [3.63, 3.8) is 0 Å². The molecule has 1 aromatic carbocycles. The Hall–Kier alpha value is -2.23. The lowest BCUT2D eigenvalue weighted by Gasteiger charge is -2.17. The van der Waals surface area contributed by atoms with Crippen LogP contribution in [0.2, 0.25) is 0 Å². The minimum atomic E-state index is -0.810. The van der Waals surface area contributed by atoms with E-state index in [2.05, 4.69) is 4.98 Å². The van der Waals surface area contributed by atoms with Gasteiger partial charge in [0.2, 0.25) is 0 Å². The predicted octanol–water partition coefficient (Wildman–Crippen LogP) is 2.86. The van der Waals surface area contributed by atoms with Crippen molar-refractivity contribution in [3.8, 4) is 0 Å². The largest absolute Gasteiger partial charge is 0.460 e. The molecule has 4 nitrogen and oxygen atoms in total. The highest BCUT2D eigenvalue weighted by Crippen LogP contribution is 2.28. The summed E-state index contributed by atoms with van der Waals surface area (Å²) in [5.41, 5.74) is 3.75. The fourth-order valence-corrected chi connectivity index (χ4v) is 2.88. The van der Waals surface area contributed by atoms with Gasteiger partial charge in [-0.2, -0.15) is 0 Å². The van der Waals surface area contributed by atoms with Crippen LogP contribution in [0.5, 0.6) is 0 Å². The van der Waals surface area contributed by atoms with E-state index in [0.717, 1.165) is 23.7 Å². The monoisotopic (exact) mass is 283 g/mol. The molecule has 1 aromatic heterocycles. The molecule has 1 aliphatic rings. The molecule has 108 valence electrons. The maximum Gasteiger partial charge on any atom is 0.379 e. The molecule has 0 atom stereocenters.